The molecule has 26 heavy (non-hydrogen) atoms. The first kappa shape index (κ1) is 17.4. The highest BCUT2D eigenvalue weighted by Gasteiger charge is 2.21. The number of hydrogen-bond acceptors (Lipinski definition) is 4. The van der Waals surface area contributed by atoms with Crippen molar-refractivity contribution in [1.29, 1.82) is 0 Å². The average molecular weight is 353 g/mol. The molecule has 1 unspecified atom stereocenters. The van der Waals surface area contributed by atoms with Gasteiger partial charge in [0, 0.05) is 18.5 Å². The van der Waals surface area contributed by atoms with Crippen LogP contribution in [-0.4, -0.2) is 36.5 Å². The van der Waals surface area contributed by atoms with E-state index in [1.807, 2.05) is 31.2 Å². The quantitative estimate of drug-likeness (QED) is 0.708. The zero-order chi connectivity index (χ0) is 18.7. The molecule has 0 aliphatic rings. The number of carboxylic acid groups (broad SMARTS) is 1. The van der Waals surface area contributed by atoms with E-state index < -0.39 is 17.9 Å². The molecule has 0 aliphatic heterocycles. The minimum atomic E-state index is -1.13. The van der Waals surface area contributed by atoms with Crippen LogP contribution >= 0.6 is 0 Å². The molecule has 1 amide bonds. The Kier molecular flexibility index (Phi) is 4.83. The highest BCUT2D eigenvalue weighted by molar-refractivity contribution is 5.93. The second-order valence-corrected chi connectivity index (χ2v) is 6.02. The van der Waals surface area contributed by atoms with Crippen LogP contribution in [-0.2, 0) is 11.3 Å². The number of aromatic nitrogens is 4. The van der Waals surface area contributed by atoms with Crippen molar-refractivity contribution in [3.63, 3.8) is 0 Å². The third-order valence-electron chi connectivity index (χ3n) is 3.99. The Morgan fingerprint density at radius 1 is 1.19 bits per heavy atom. The van der Waals surface area contributed by atoms with Crippen LogP contribution in [0.3, 0.4) is 0 Å². The molecule has 0 saturated heterocycles. The van der Waals surface area contributed by atoms with Gasteiger partial charge in [0.1, 0.15) is 11.7 Å². The summed E-state index contributed by atoms with van der Waals surface area (Å²) < 4.78 is 2.89. The van der Waals surface area contributed by atoms with E-state index >= 15 is 0 Å². The van der Waals surface area contributed by atoms with Gasteiger partial charge >= 0.3 is 5.97 Å². The zero-order valence-electron chi connectivity index (χ0n) is 14.5. The van der Waals surface area contributed by atoms with E-state index in [0.29, 0.717) is 12.4 Å². The topological polar surface area (TPSA) is 102 Å². The van der Waals surface area contributed by atoms with Gasteiger partial charge in [0.05, 0.1) is 6.54 Å². The van der Waals surface area contributed by atoms with Gasteiger partial charge in [0.2, 0.25) is 5.91 Å². The zero-order valence-corrected chi connectivity index (χ0v) is 14.5. The summed E-state index contributed by atoms with van der Waals surface area (Å²) in [7, 11) is 0. The largest absolute Gasteiger partial charge is 0.477 e. The lowest BCUT2D eigenvalue weighted by Crippen LogP contribution is -2.27. The smallest absolute Gasteiger partial charge is 0.354 e. The second-order valence-electron chi connectivity index (χ2n) is 6.02. The Morgan fingerprint density at radius 3 is 2.62 bits per heavy atom. The Balaban J connectivity index is 1.66. The minimum Gasteiger partial charge on any atom is -0.477 e. The molecule has 0 saturated carbocycles. The summed E-state index contributed by atoms with van der Waals surface area (Å²) in [5, 5.41) is 20.1. The number of carbonyl (C=O) groups is 2. The molecule has 0 spiro atoms. The van der Waals surface area contributed by atoms with Crippen molar-refractivity contribution in [2.75, 3.05) is 5.32 Å². The van der Waals surface area contributed by atoms with Crippen LogP contribution in [0.4, 0.5) is 5.82 Å². The summed E-state index contributed by atoms with van der Waals surface area (Å²) in [6.45, 7) is 4.20. The van der Waals surface area contributed by atoms with Gasteiger partial charge in [-0.05, 0) is 25.5 Å². The van der Waals surface area contributed by atoms with Crippen LogP contribution < -0.4 is 5.32 Å². The molecule has 134 valence electrons. The van der Waals surface area contributed by atoms with Gasteiger partial charge < -0.3 is 10.4 Å². The number of rotatable bonds is 6. The van der Waals surface area contributed by atoms with E-state index in [-0.39, 0.29) is 5.69 Å². The predicted octanol–water partition coefficient (Wildman–Crippen LogP) is 2.33. The first-order chi connectivity index (χ1) is 12.4. The summed E-state index contributed by atoms with van der Waals surface area (Å²) >= 11 is 0. The molecule has 0 radical (unpaired) electrons. The van der Waals surface area contributed by atoms with Crippen LogP contribution in [0, 0.1) is 6.92 Å². The van der Waals surface area contributed by atoms with Gasteiger partial charge in [-0.1, -0.05) is 29.8 Å². The van der Waals surface area contributed by atoms with E-state index in [9.17, 15) is 9.59 Å². The molecule has 0 fully saturated rings. The molecular formula is C18H19N5O3. The highest BCUT2D eigenvalue weighted by Crippen LogP contribution is 2.13. The van der Waals surface area contributed by atoms with E-state index in [1.165, 1.54) is 22.5 Å². The fourth-order valence-corrected chi connectivity index (χ4v) is 2.53. The van der Waals surface area contributed by atoms with E-state index in [2.05, 4.69) is 15.5 Å². The molecular weight excluding hydrogens is 334 g/mol. The monoisotopic (exact) mass is 353 g/mol. The Hall–Kier alpha value is -3.42. The average Bonchev–Trinajstić information content (AvgIpc) is 3.25. The summed E-state index contributed by atoms with van der Waals surface area (Å²) in [4.78, 5) is 23.5. The van der Waals surface area contributed by atoms with Crippen LogP contribution in [0.1, 0.15) is 34.6 Å². The molecule has 1 aromatic carbocycles. The maximum Gasteiger partial charge on any atom is 0.354 e. The van der Waals surface area contributed by atoms with Gasteiger partial charge in [-0.2, -0.15) is 10.2 Å². The molecule has 2 N–H and O–H groups in total. The molecule has 2 aromatic heterocycles. The Morgan fingerprint density at radius 2 is 1.92 bits per heavy atom. The van der Waals surface area contributed by atoms with Crippen molar-refractivity contribution in [3.8, 4) is 0 Å². The SMILES string of the molecule is Cc1ccc(Cn2ccc(NC(=O)C(C)n3nccc3C(=O)O)n2)cc1. The van der Waals surface area contributed by atoms with E-state index in [1.54, 1.807) is 23.9 Å². The molecule has 3 aromatic rings. The lowest BCUT2D eigenvalue weighted by Gasteiger charge is -2.13. The fourth-order valence-electron chi connectivity index (χ4n) is 2.53. The van der Waals surface area contributed by atoms with Gasteiger partial charge in [0.25, 0.3) is 0 Å². The van der Waals surface area contributed by atoms with Gasteiger partial charge in [-0.15, -0.1) is 0 Å². The number of benzene rings is 1. The maximum absolute atomic E-state index is 12.4. The Labute approximate surface area is 150 Å². The number of carbonyl (C=O) groups excluding carboxylic acids is 1. The molecule has 0 aliphatic carbocycles. The third kappa shape index (κ3) is 3.80. The van der Waals surface area contributed by atoms with Crippen molar-refractivity contribution < 1.29 is 14.7 Å². The molecule has 8 nitrogen and oxygen atoms in total. The first-order valence-corrected chi connectivity index (χ1v) is 8.10. The normalized spacial score (nSPS) is 11.9. The van der Waals surface area contributed by atoms with Gasteiger partial charge in [-0.3, -0.25) is 9.48 Å². The van der Waals surface area contributed by atoms with Gasteiger partial charge in [0.15, 0.2) is 5.82 Å². The van der Waals surface area contributed by atoms with Crippen LogP contribution in [0.2, 0.25) is 0 Å². The molecule has 2 heterocycles. The summed E-state index contributed by atoms with van der Waals surface area (Å²) in [6, 6.07) is 10.4. The number of hydrogen-bond donors (Lipinski definition) is 2. The number of aryl methyl sites for hydroxylation is 1. The van der Waals surface area contributed by atoms with Crippen molar-refractivity contribution in [1.82, 2.24) is 19.6 Å². The van der Waals surface area contributed by atoms with E-state index in [0.717, 1.165) is 5.56 Å². The highest BCUT2D eigenvalue weighted by atomic mass is 16.4. The first-order valence-electron chi connectivity index (χ1n) is 8.10. The predicted molar refractivity (Wildman–Crippen MR) is 95.0 cm³/mol. The van der Waals surface area contributed by atoms with E-state index in [4.69, 9.17) is 5.11 Å². The number of amides is 1. The molecule has 8 heteroatoms. The number of anilines is 1. The van der Waals surface area contributed by atoms with Crippen molar-refractivity contribution >= 4 is 17.7 Å². The third-order valence-corrected chi connectivity index (χ3v) is 3.99. The number of nitrogens with one attached hydrogen (secondary N) is 1. The number of carboxylic acids is 1. The summed E-state index contributed by atoms with van der Waals surface area (Å²) in [5.41, 5.74) is 2.25. The standard InChI is InChI=1S/C18H19N5O3/c1-12-3-5-14(6-4-12)11-22-10-8-16(21-22)20-17(24)13(2)23-15(18(25)26)7-9-19-23/h3-10,13H,11H2,1-2H3,(H,25,26)(H,20,21,24). The number of nitrogens with zero attached hydrogens (tertiary/aromatic N) is 4. The molecule has 1 atom stereocenters. The summed E-state index contributed by atoms with van der Waals surface area (Å²) in [5.74, 6) is -1.13. The minimum absolute atomic E-state index is 0.0439. The molecule has 0 bridgehead atoms. The van der Waals surface area contributed by atoms with Crippen LogP contribution in [0.15, 0.2) is 48.8 Å². The lowest BCUT2D eigenvalue weighted by molar-refractivity contribution is -0.119. The van der Waals surface area contributed by atoms with Crippen LogP contribution in [0.25, 0.3) is 0 Å². The lowest BCUT2D eigenvalue weighted by atomic mass is 10.1. The molecule has 3 rings (SSSR count). The number of aromatic carboxylic acids is 1. The van der Waals surface area contributed by atoms with Crippen molar-refractivity contribution in [3.05, 3.63) is 65.6 Å². The van der Waals surface area contributed by atoms with Gasteiger partial charge in [-0.25, -0.2) is 9.48 Å². The van der Waals surface area contributed by atoms with Crippen LogP contribution in [0.5, 0.6) is 0 Å². The maximum atomic E-state index is 12.4. The van der Waals surface area contributed by atoms with Crippen molar-refractivity contribution in [2.45, 2.75) is 26.4 Å². The second kappa shape index (κ2) is 7.22. The fraction of sp³-hybridized carbons (Fsp3) is 0.222. The van der Waals surface area contributed by atoms with Crippen molar-refractivity contribution in [2.24, 2.45) is 0 Å². The Bertz CT molecular complexity index is 926. The summed E-state index contributed by atoms with van der Waals surface area (Å²) in [6.07, 6.45) is 3.13.